The fourth-order valence-electron chi connectivity index (χ4n) is 2.58. The van der Waals surface area contributed by atoms with Gasteiger partial charge in [-0.25, -0.2) is 0 Å². The Hall–Kier alpha value is -0.990. The van der Waals surface area contributed by atoms with Gasteiger partial charge in [0.2, 0.25) is 0 Å². The van der Waals surface area contributed by atoms with Gasteiger partial charge >= 0.3 is 6.36 Å². The summed E-state index contributed by atoms with van der Waals surface area (Å²) in [4.78, 5) is 4.77. The molecule has 24 heavy (non-hydrogen) atoms. The van der Waals surface area contributed by atoms with Crippen LogP contribution in [-0.2, 0) is 0 Å². The maximum absolute atomic E-state index is 12.2. The van der Waals surface area contributed by atoms with Crippen LogP contribution in [0.1, 0.15) is 13.8 Å². The van der Waals surface area contributed by atoms with Crippen LogP contribution < -0.4 is 9.47 Å². The maximum atomic E-state index is 12.2. The van der Waals surface area contributed by atoms with Crippen molar-refractivity contribution in [2.45, 2.75) is 26.3 Å². The van der Waals surface area contributed by atoms with E-state index in [1.165, 1.54) is 18.2 Å². The molecule has 0 unspecified atom stereocenters. The van der Waals surface area contributed by atoms with Crippen molar-refractivity contribution >= 4 is 15.9 Å². The zero-order valence-corrected chi connectivity index (χ0v) is 15.4. The van der Waals surface area contributed by atoms with Crippen molar-refractivity contribution in [2.75, 3.05) is 39.3 Å². The number of halogens is 4. The van der Waals surface area contributed by atoms with Gasteiger partial charge in [0, 0.05) is 38.8 Å². The number of hydrogen-bond acceptors (Lipinski definition) is 4. The predicted octanol–water partition coefficient (Wildman–Crippen LogP) is 3.75. The molecule has 4 nitrogen and oxygen atoms in total. The molecule has 1 heterocycles. The summed E-state index contributed by atoms with van der Waals surface area (Å²) < 4.78 is 46.5. The van der Waals surface area contributed by atoms with Gasteiger partial charge in [0.05, 0.1) is 4.47 Å². The molecule has 0 spiro atoms. The Morgan fingerprint density at radius 1 is 1.17 bits per heavy atom. The zero-order valence-electron chi connectivity index (χ0n) is 13.8. The highest BCUT2D eigenvalue weighted by molar-refractivity contribution is 9.10. The van der Waals surface area contributed by atoms with Crippen LogP contribution in [0.15, 0.2) is 22.7 Å². The van der Waals surface area contributed by atoms with E-state index in [0.29, 0.717) is 22.9 Å². The molecular formula is C16H22BrF3N2O2. The molecule has 1 aliphatic heterocycles. The normalized spacial score (nSPS) is 17.3. The third kappa shape index (κ3) is 6.14. The molecule has 0 aliphatic carbocycles. The number of nitrogens with zero attached hydrogens (tertiary/aromatic N) is 2. The fraction of sp³-hybridized carbons (Fsp3) is 0.625. The van der Waals surface area contributed by atoms with Crippen LogP contribution in [0, 0.1) is 0 Å². The van der Waals surface area contributed by atoms with Crippen molar-refractivity contribution in [3.05, 3.63) is 22.7 Å². The lowest BCUT2D eigenvalue weighted by atomic mass is 10.2. The largest absolute Gasteiger partial charge is 0.573 e. The van der Waals surface area contributed by atoms with Crippen molar-refractivity contribution in [1.29, 1.82) is 0 Å². The summed E-state index contributed by atoms with van der Waals surface area (Å²) in [5.74, 6) is 0.233. The topological polar surface area (TPSA) is 24.9 Å². The molecular weight excluding hydrogens is 389 g/mol. The fourth-order valence-corrected chi connectivity index (χ4v) is 3.06. The van der Waals surface area contributed by atoms with E-state index in [1.807, 2.05) is 0 Å². The molecule has 1 saturated heterocycles. The number of rotatable bonds is 6. The van der Waals surface area contributed by atoms with Gasteiger partial charge in [-0.2, -0.15) is 0 Å². The lowest BCUT2D eigenvalue weighted by Crippen LogP contribution is -2.49. The third-order valence-electron chi connectivity index (χ3n) is 3.94. The summed E-state index contributed by atoms with van der Waals surface area (Å²) in [6.07, 6.45) is -4.69. The van der Waals surface area contributed by atoms with Gasteiger partial charge in [-0.1, -0.05) is 0 Å². The zero-order chi connectivity index (χ0) is 17.7. The van der Waals surface area contributed by atoms with Gasteiger partial charge in [-0.15, -0.1) is 13.2 Å². The van der Waals surface area contributed by atoms with Gasteiger partial charge in [0.25, 0.3) is 0 Å². The smallest absolute Gasteiger partial charge is 0.491 e. The Labute approximate surface area is 148 Å². The molecule has 0 saturated carbocycles. The van der Waals surface area contributed by atoms with Crippen molar-refractivity contribution in [1.82, 2.24) is 9.80 Å². The molecule has 0 amide bonds. The van der Waals surface area contributed by atoms with Gasteiger partial charge < -0.3 is 9.47 Å². The average Bonchev–Trinajstić information content (AvgIpc) is 2.48. The Kier molecular flexibility index (Phi) is 6.77. The van der Waals surface area contributed by atoms with Crippen LogP contribution in [0.4, 0.5) is 13.2 Å². The average molecular weight is 411 g/mol. The second kappa shape index (κ2) is 8.40. The Morgan fingerprint density at radius 3 is 2.38 bits per heavy atom. The lowest BCUT2D eigenvalue weighted by Gasteiger charge is -2.36. The number of benzene rings is 1. The van der Waals surface area contributed by atoms with Crippen molar-refractivity contribution in [3.8, 4) is 11.5 Å². The van der Waals surface area contributed by atoms with Gasteiger partial charge in [-0.05, 0) is 48.0 Å². The summed E-state index contributed by atoms with van der Waals surface area (Å²) in [5, 5.41) is 0. The van der Waals surface area contributed by atoms with Crippen LogP contribution in [-0.4, -0.2) is 61.5 Å². The molecule has 0 atom stereocenters. The van der Waals surface area contributed by atoms with E-state index in [-0.39, 0.29) is 5.75 Å². The SMILES string of the molecule is CC(C)N1CCN(CCOc2ccc(OC(F)(F)F)cc2Br)CC1. The predicted molar refractivity (Wildman–Crippen MR) is 89.5 cm³/mol. The minimum Gasteiger partial charge on any atom is -0.491 e. The molecule has 1 aliphatic rings. The number of ether oxygens (including phenoxy) is 2. The van der Waals surface area contributed by atoms with E-state index in [4.69, 9.17) is 4.74 Å². The first kappa shape index (κ1) is 19.3. The highest BCUT2D eigenvalue weighted by Gasteiger charge is 2.31. The highest BCUT2D eigenvalue weighted by Crippen LogP contribution is 2.31. The van der Waals surface area contributed by atoms with E-state index in [0.717, 1.165) is 32.7 Å². The molecule has 0 N–H and O–H groups in total. The van der Waals surface area contributed by atoms with E-state index in [9.17, 15) is 13.2 Å². The van der Waals surface area contributed by atoms with Crippen LogP contribution >= 0.6 is 15.9 Å². The van der Waals surface area contributed by atoms with Gasteiger partial charge in [0.15, 0.2) is 0 Å². The first-order valence-corrected chi connectivity index (χ1v) is 8.68. The summed E-state index contributed by atoms with van der Waals surface area (Å²) in [6, 6.07) is 4.54. The molecule has 1 aromatic carbocycles. The van der Waals surface area contributed by atoms with E-state index < -0.39 is 6.36 Å². The van der Waals surface area contributed by atoms with Crippen molar-refractivity contribution in [2.24, 2.45) is 0 Å². The molecule has 1 aromatic rings. The summed E-state index contributed by atoms with van der Waals surface area (Å²) in [6.45, 7) is 9.77. The highest BCUT2D eigenvalue weighted by atomic mass is 79.9. The molecule has 1 fully saturated rings. The van der Waals surface area contributed by atoms with Crippen LogP contribution in [0.5, 0.6) is 11.5 Å². The second-order valence-electron chi connectivity index (χ2n) is 5.96. The number of piperazine rings is 1. The Balaban J connectivity index is 1.77. The van der Waals surface area contributed by atoms with Crippen LogP contribution in [0.2, 0.25) is 0 Å². The minimum atomic E-state index is -4.69. The van der Waals surface area contributed by atoms with Crippen molar-refractivity contribution in [3.63, 3.8) is 0 Å². The molecule has 0 aromatic heterocycles. The standard InChI is InChI=1S/C16H22BrF3N2O2/c1-12(2)22-7-5-21(6-8-22)9-10-23-15-4-3-13(11-14(15)17)24-16(18,19)20/h3-4,11-12H,5-10H2,1-2H3. The number of hydrogen-bond donors (Lipinski definition) is 0. The lowest BCUT2D eigenvalue weighted by molar-refractivity contribution is -0.274. The number of alkyl halides is 3. The Bertz CT molecular complexity index is 533. The molecule has 0 bridgehead atoms. The van der Waals surface area contributed by atoms with Gasteiger partial charge in [-0.3, -0.25) is 9.80 Å². The minimum absolute atomic E-state index is 0.272. The van der Waals surface area contributed by atoms with Gasteiger partial charge in [0.1, 0.15) is 18.1 Å². The van der Waals surface area contributed by atoms with Crippen LogP contribution in [0.3, 0.4) is 0 Å². The second-order valence-corrected chi connectivity index (χ2v) is 6.81. The molecule has 8 heteroatoms. The maximum Gasteiger partial charge on any atom is 0.573 e. The summed E-state index contributed by atoms with van der Waals surface area (Å²) in [7, 11) is 0. The molecule has 2 rings (SSSR count). The quantitative estimate of drug-likeness (QED) is 0.712. The summed E-state index contributed by atoms with van der Waals surface area (Å²) >= 11 is 3.21. The van der Waals surface area contributed by atoms with E-state index in [1.54, 1.807) is 0 Å². The van der Waals surface area contributed by atoms with E-state index in [2.05, 4.69) is 44.3 Å². The first-order chi connectivity index (χ1) is 11.2. The van der Waals surface area contributed by atoms with Crippen molar-refractivity contribution < 1.29 is 22.6 Å². The molecule has 0 radical (unpaired) electrons. The monoisotopic (exact) mass is 410 g/mol. The first-order valence-electron chi connectivity index (χ1n) is 7.89. The van der Waals surface area contributed by atoms with E-state index >= 15 is 0 Å². The molecule has 136 valence electrons. The van der Waals surface area contributed by atoms with Crippen LogP contribution in [0.25, 0.3) is 0 Å². The summed E-state index contributed by atoms with van der Waals surface area (Å²) in [5.41, 5.74) is 0. The Morgan fingerprint density at radius 2 is 1.83 bits per heavy atom. The third-order valence-corrected chi connectivity index (χ3v) is 4.56.